The standard InChI is InChI=1S/C21H19F2N5O2/c1-30-19-16(22)5-4-15(18(19)23)20(29)26-14-7-10-28(12-14)21-25-9-6-17(27-21)13-3-2-8-24-11-13/h2-6,8-9,11,14H,7,10,12H2,1H3,(H,26,29). The number of benzene rings is 1. The second-order valence-corrected chi connectivity index (χ2v) is 6.83. The van der Waals surface area contributed by atoms with Gasteiger partial charge in [-0.05, 0) is 36.8 Å². The Labute approximate surface area is 171 Å². The fourth-order valence-electron chi connectivity index (χ4n) is 3.39. The number of methoxy groups -OCH3 is 1. The Bertz CT molecular complexity index is 1060. The van der Waals surface area contributed by atoms with Crippen molar-refractivity contribution in [2.75, 3.05) is 25.1 Å². The average Bonchev–Trinajstić information content (AvgIpc) is 3.23. The lowest BCUT2D eigenvalue weighted by Gasteiger charge is -2.18. The molecule has 0 spiro atoms. The summed E-state index contributed by atoms with van der Waals surface area (Å²) in [7, 11) is 1.15. The van der Waals surface area contributed by atoms with Crippen LogP contribution in [0.15, 0.2) is 48.9 Å². The van der Waals surface area contributed by atoms with Crippen LogP contribution in [0.1, 0.15) is 16.8 Å². The summed E-state index contributed by atoms with van der Waals surface area (Å²) in [6, 6.07) is 7.45. The number of aromatic nitrogens is 3. The number of halogens is 2. The van der Waals surface area contributed by atoms with Crippen LogP contribution in [-0.2, 0) is 0 Å². The normalized spacial score (nSPS) is 15.8. The molecule has 0 saturated carbocycles. The summed E-state index contributed by atoms with van der Waals surface area (Å²) in [5.41, 5.74) is 1.37. The van der Waals surface area contributed by atoms with E-state index in [-0.39, 0.29) is 11.6 Å². The predicted molar refractivity (Wildman–Crippen MR) is 106 cm³/mol. The molecular weight excluding hydrogens is 392 g/mol. The third-order valence-corrected chi connectivity index (χ3v) is 4.90. The van der Waals surface area contributed by atoms with Crippen molar-refractivity contribution in [2.45, 2.75) is 12.5 Å². The Kier molecular flexibility index (Phi) is 5.51. The molecule has 0 aliphatic carbocycles. The maximum Gasteiger partial charge on any atom is 0.254 e. The Hall–Kier alpha value is -3.62. The molecule has 1 N–H and O–H groups in total. The van der Waals surface area contributed by atoms with Gasteiger partial charge in [0.05, 0.1) is 18.4 Å². The van der Waals surface area contributed by atoms with Crippen LogP contribution in [-0.4, -0.2) is 47.1 Å². The van der Waals surface area contributed by atoms with Gasteiger partial charge in [0.1, 0.15) is 0 Å². The fourth-order valence-corrected chi connectivity index (χ4v) is 3.39. The molecule has 1 aliphatic heterocycles. The van der Waals surface area contributed by atoms with Gasteiger partial charge in [-0.1, -0.05) is 0 Å². The second-order valence-electron chi connectivity index (χ2n) is 6.83. The number of hydrogen-bond acceptors (Lipinski definition) is 6. The average molecular weight is 411 g/mol. The van der Waals surface area contributed by atoms with E-state index >= 15 is 0 Å². The maximum atomic E-state index is 14.3. The van der Waals surface area contributed by atoms with Crippen LogP contribution in [0.2, 0.25) is 0 Å². The van der Waals surface area contributed by atoms with Crippen molar-refractivity contribution < 1.29 is 18.3 Å². The van der Waals surface area contributed by atoms with Crippen LogP contribution >= 0.6 is 0 Å². The minimum atomic E-state index is -1.02. The number of pyridine rings is 1. The van der Waals surface area contributed by atoms with Crippen molar-refractivity contribution in [1.82, 2.24) is 20.3 Å². The summed E-state index contributed by atoms with van der Waals surface area (Å²) in [5.74, 6) is -2.52. The van der Waals surface area contributed by atoms with E-state index in [1.165, 1.54) is 0 Å². The van der Waals surface area contributed by atoms with Crippen molar-refractivity contribution in [3.8, 4) is 17.0 Å². The molecule has 1 aliphatic rings. The summed E-state index contributed by atoms with van der Waals surface area (Å²) in [6.07, 6.45) is 5.74. The Balaban J connectivity index is 1.45. The van der Waals surface area contributed by atoms with Crippen LogP contribution in [0.5, 0.6) is 5.75 Å². The third-order valence-electron chi connectivity index (χ3n) is 4.90. The van der Waals surface area contributed by atoms with Crippen LogP contribution < -0.4 is 15.0 Å². The first-order valence-corrected chi connectivity index (χ1v) is 9.38. The lowest BCUT2D eigenvalue weighted by atomic mass is 10.1. The third kappa shape index (κ3) is 3.91. The zero-order valence-electron chi connectivity index (χ0n) is 16.2. The van der Waals surface area contributed by atoms with Gasteiger partial charge in [-0.25, -0.2) is 18.7 Å². The summed E-state index contributed by atoms with van der Waals surface area (Å²) in [6.45, 7) is 1.11. The number of amides is 1. The molecule has 3 heterocycles. The Morgan fingerprint density at radius 1 is 1.23 bits per heavy atom. The van der Waals surface area contributed by atoms with E-state index in [4.69, 9.17) is 4.74 Å². The van der Waals surface area contributed by atoms with E-state index in [9.17, 15) is 13.6 Å². The molecule has 4 rings (SSSR count). The zero-order chi connectivity index (χ0) is 21.1. The first-order chi connectivity index (χ1) is 14.6. The van der Waals surface area contributed by atoms with Crippen LogP contribution in [0.4, 0.5) is 14.7 Å². The van der Waals surface area contributed by atoms with Crippen molar-refractivity contribution in [3.05, 3.63) is 66.1 Å². The number of nitrogens with one attached hydrogen (secondary N) is 1. The SMILES string of the molecule is COc1c(F)ccc(C(=O)NC2CCN(c3nccc(-c4cccnc4)n3)C2)c1F. The number of carbonyl (C=O) groups excluding carboxylic acids is 1. The molecule has 30 heavy (non-hydrogen) atoms. The fraction of sp³-hybridized carbons (Fsp3) is 0.238. The molecule has 1 saturated heterocycles. The molecule has 0 bridgehead atoms. The van der Waals surface area contributed by atoms with Crippen molar-refractivity contribution in [3.63, 3.8) is 0 Å². The molecule has 1 fully saturated rings. The lowest BCUT2D eigenvalue weighted by molar-refractivity contribution is 0.0935. The van der Waals surface area contributed by atoms with Crippen LogP contribution in [0, 0.1) is 11.6 Å². The first kappa shape index (κ1) is 19.7. The minimum absolute atomic E-state index is 0.224. The van der Waals surface area contributed by atoms with Gasteiger partial charge in [0.2, 0.25) is 5.95 Å². The van der Waals surface area contributed by atoms with E-state index in [0.29, 0.717) is 25.5 Å². The monoisotopic (exact) mass is 411 g/mol. The molecular formula is C21H19F2N5O2. The van der Waals surface area contributed by atoms with E-state index < -0.39 is 23.3 Å². The topological polar surface area (TPSA) is 80.2 Å². The van der Waals surface area contributed by atoms with Gasteiger partial charge >= 0.3 is 0 Å². The number of rotatable bonds is 5. The lowest BCUT2D eigenvalue weighted by Crippen LogP contribution is -2.37. The number of carbonyl (C=O) groups is 1. The molecule has 3 aromatic rings. The number of hydrogen-bond donors (Lipinski definition) is 1. The molecule has 0 radical (unpaired) electrons. The van der Waals surface area contributed by atoms with Crippen LogP contribution in [0.25, 0.3) is 11.3 Å². The first-order valence-electron chi connectivity index (χ1n) is 9.38. The van der Waals surface area contributed by atoms with Crippen molar-refractivity contribution in [2.24, 2.45) is 0 Å². The molecule has 1 unspecified atom stereocenters. The Morgan fingerprint density at radius 3 is 2.87 bits per heavy atom. The number of nitrogens with zero attached hydrogens (tertiary/aromatic N) is 4. The highest BCUT2D eigenvalue weighted by atomic mass is 19.1. The molecule has 7 nitrogen and oxygen atoms in total. The van der Waals surface area contributed by atoms with Crippen molar-refractivity contribution in [1.29, 1.82) is 0 Å². The highest BCUT2D eigenvalue weighted by Crippen LogP contribution is 2.25. The molecule has 1 aromatic carbocycles. The molecule has 1 atom stereocenters. The molecule has 2 aromatic heterocycles. The largest absolute Gasteiger partial charge is 0.491 e. The van der Waals surface area contributed by atoms with E-state index in [1.807, 2.05) is 17.0 Å². The van der Waals surface area contributed by atoms with Crippen molar-refractivity contribution >= 4 is 11.9 Å². The highest BCUT2D eigenvalue weighted by Gasteiger charge is 2.28. The summed E-state index contributed by atoms with van der Waals surface area (Å²) < 4.78 is 32.6. The number of ether oxygens (including phenoxy) is 1. The summed E-state index contributed by atoms with van der Waals surface area (Å²) in [5, 5.41) is 2.79. The number of anilines is 1. The second kappa shape index (κ2) is 8.40. The quantitative estimate of drug-likeness (QED) is 0.696. The van der Waals surface area contributed by atoms with E-state index in [2.05, 4.69) is 20.3 Å². The van der Waals surface area contributed by atoms with Gasteiger partial charge in [0.25, 0.3) is 5.91 Å². The van der Waals surface area contributed by atoms with Crippen LogP contribution in [0.3, 0.4) is 0 Å². The van der Waals surface area contributed by atoms with Gasteiger partial charge in [-0.2, -0.15) is 0 Å². The van der Waals surface area contributed by atoms with Gasteiger partial charge in [0.15, 0.2) is 17.4 Å². The predicted octanol–water partition coefficient (Wildman–Crippen LogP) is 2.83. The molecule has 9 heteroatoms. The summed E-state index contributed by atoms with van der Waals surface area (Å²) >= 11 is 0. The minimum Gasteiger partial charge on any atom is -0.491 e. The molecule has 1 amide bonds. The molecule has 154 valence electrons. The highest BCUT2D eigenvalue weighted by molar-refractivity contribution is 5.95. The Morgan fingerprint density at radius 2 is 2.10 bits per heavy atom. The zero-order valence-corrected chi connectivity index (χ0v) is 16.2. The smallest absolute Gasteiger partial charge is 0.254 e. The van der Waals surface area contributed by atoms with Gasteiger partial charge < -0.3 is 15.0 Å². The van der Waals surface area contributed by atoms with Gasteiger partial charge in [0, 0.05) is 43.3 Å². The van der Waals surface area contributed by atoms with Gasteiger partial charge in [-0.15, -0.1) is 0 Å². The summed E-state index contributed by atoms with van der Waals surface area (Å²) in [4.78, 5) is 27.5. The van der Waals surface area contributed by atoms with Gasteiger partial charge in [-0.3, -0.25) is 9.78 Å². The van der Waals surface area contributed by atoms with E-state index in [0.717, 1.165) is 30.5 Å². The van der Waals surface area contributed by atoms with E-state index in [1.54, 1.807) is 24.7 Å². The maximum absolute atomic E-state index is 14.3.